The van der Waals surface area contributed by atoms with Crippen molar-refractivity contribution >= 4 is 17.5 Å². The van der Waals surface area contributed by atoms with Crippen LogP contribution in [-0.4, -0.2) is 18.1 Å². The van der Waals surface area contributed by atoms with Gasteiger partial charge in [-0.15, -0.1) is 0 Å². The number of para-hydroxylation sites is 1. The minimum absolute atomic E-state index is 0.0929. The number of rotatable bonds is 4. The lowest BCUT2D eigenvalue weighted by atomic mass is 9.94. The molecule has 0 saturated heterocycles. The Morgan fingerprint density at radius 3 is 3.05 bits per heavy atom. The highest BCUT2D eigenvalue weighted by atomic mass is 35.5. The SMILES string of the molecule is CCCC(C)(N)C(=O)NC1CCOc2c(Cl)cccc21. The van der Waals surface area contributed by atoms with Gasteiger partial charge in [0, 0.05) is 12.0 Å². The summed E-state index contributed by atoms with van der Waals surface area (Å²) in [5.74, 6) is 0.539. The topological polar surface area (TPSA) is 64.4 Å². The Morgan fingerprint density at radius 2 is 2.35 bits per heavy atom. The third kappa shape index (κ3) is 3.07. The van der Waals surface area contributed by atoms with Crippen LogP contribution >= 0.6 is 11.6 Å². The van der Waals surface area contributed by atoms with Crippen LogP contribution in [0.4, 0.5) is 0 Å². The predicted octanol–water partition coefficient (Wildman–Crippen LogP) is 2.80. The molecule has 1 aromatic carbocycles. The first-order valence-electron chi connectivity index (χ1n) is 6.96. The first-order valence-corrected chi connectivity index (χ1v) is 7.34. The van der Waals surface area contributed by atoms with E-state index in [2.05, 4.69) is 5.32 Å². The Balaban J connectivity index is 2.17. The number of carbonyl (C=O) groups excluding carboxylic acids is 1. The Labute approximate surface area is 124 Å². The normalized spacial score (nSPS) is 20.5. The maximum absolute atomic E-state index is 12.3. The van der Waals surface area contributed by atoms with Crippen molar-refractivity contribution in [3.8, 4) is 5.75 Å². The lowest BCUT2D eigenvalue weighted by Gasteiger charge is -2.31. The molecule has 1 aromatic rings. The Bertz CT molecular complexity index is 503. The van der Waals surface area contributed by atoms with Crippen LogP contribution in [0.15, 0.2) is 18.2 Å². The molecule has 20 heavy (non-hydrogen) atoms. The first-order chi connectivity index (χ1) is 9.45. The Kier molecular flexibility index (Phi) is 4.55. The summed E-state index contributed by atoms with van der Waals surface area (Å²) < 4.78 is 5.58. The van der Waals surface area contributed by atoms with Gasteiger partial charge in [-0.25, -0.2) is 0 Å². The van der Waals surface area contributed by atoms with Crippen LogP contribution in [0, 0.1) is 0 Å². The third-order valence-corrected chi connectivity index (χ3v) is 3.92. The van der Waals surface area contributed by atoms with Crippen molar-refractivity contribution in [1.29, 1.82) is 0 Å². The van der Waals surface area contributed by atoms with E-state index in [0.717, 1.165) is 18.4 Å². The predicted molar refractivity (Wildman–Crippen MR) is 79.9 cm³/mol. The van der Waals surface area contributed by atoms with Crippen LogP contribution in [0.5, 0.6) is 5.75 Å². The Morgan fingerprint density at radius 1 is 1.60 bits per heavy atom. The van der Waals surface area contributed by atoms with Gasteiger partial charge in [-0.1, -0.05) is 37.1 Å². The van der Waals surface area contributed by atoms with Gasteiger partial charge in [0.25, 0.3) is 0 Å². The van der Waals surface area contributed by atoms with Crippen LogP contribution in [0.25, 0.3) is 0 Å². The molecular weight excluding hydrogens is 276 g/mol. The molecule has 1 amide bonds. The van der Waals surface area contributed by atoms with Crippen LogP contribution in [0.2, 0.25) is 5.02 Å². The Hall–Kier alpha value is -1.26. The standard InChI is InChI=1S/C15H21ClN2O2/c1-3-8-15(2,17)14(19)18-12-7-9-20-13-10(12)5-4-6-11(13)16/h4-6,12H,3,7-9,17H2,1-2H3,(H,18,19). The summed E-state index contributed by atoms with van der Waals surface area (Å²) in [6.07, 6.45) is 2.25. The number of hydrogen-bond donors (Lipinski definition) is 2. The molecule has 1 aliphatic heterocycles. The van der Waals surface area contributed by atoms with Crippen LogP contribution in [0.3, 0.4) is 0 Å². The van der Waals surface area contributed by atoms with Crippen LogP contribution < -0.4 is 15.8 Å². The molecule has 0 radical (unpaired) electrons. The van der Waals surface area contributed by atoms with Crippen molar-refractivity contribution in [3.05, 3.63) is 28.8 Å². The van der Waals surface area contributed by atoms with Crippen LogP contribution in [-0.2, 0) is 4.79 Å². The van der Waals surface area contributed by atoms with E-state index in [4.69, 9.17) is 22.1 Å². The lowest BCUT2D eigenvalue weighted by Crippen LogP contribution is -2.52. The van der Waals surface area contributed by atoms with Gasteiger partial charge in [-0.3, -0.25) is 4.79 Å². The summed E-state index contributed by atoms with van der Waals surface area (Å²) in [4.78, 5) is 12.3. The summed E-state index contributed by atoms with van der Waals surface area (Å²) >= 11 is 6.12. The van der Waals surface area contributed by atoms with Gasteiger partial charge in [0.15, 0.2) is 0 Å². The largest absolute Gasteiger partial charge is 0.492 e. The fourth-order valence-corrected chi connectivity index (χ4v) is 2.73. The smallest absolute Gasteiger partial charge is 0.240 e. The highest BCUT2D eigenvalue weighted by Crippen LogP contribution is 2.37. The molecule has 1 aliphatic rings. The maximum atomic E-state index is 12.3. The van der Waals surface area contributed by atoms with Crippen molar-refractivity contribution in [2.24, 2.45) is 5.73 Å². The van der Waals surface area contributed by atoms with Gasteiger partial charge in [0.2, 0.25) is 5.91 Å². The average molecular weight is 297 g/mol. The summed E-state index contributed by atoms with van der Waals surface area (Å²) in [5.41, 5.74) is 6.15. The van der Waals surface area contributed by atoms with Gasteiger partial charge < -0.3 is 15.8 Å². The molecule has 5 heteroatoms. The number of amides is 1. The maximum Gasteiger partial charge on any atom is 0.240 e. The second-order valence-electron chi connectivity index (χ2n) is 5.49. The third-order valence-electron chi connectivity index (χ3n) is 3.62. The molecule has 0 bridgehead atoms. The van der Waals surface area contributed by atoms with E-state index in [9.17, 15) is 4.79 Å². The molecule has 1 heterocycles. The molecule has 4 nitrogen and oxygen atoms in total. The highest BCUT2D eigenvalue weighted by Gasteiger charge is 2.31. The van der Waals surface area contributed by atoms with E-state index in [-0.39, 0.29) is 11.9 Å². The van der Waals surface area contributed by atoms with Crippen LogP contribution in [0.1, 0.15) is 44.7 Å². The molecule has 3 N–H and O–H groups in total. The number of hydrogen-bond acceptors (Lipinski definition) is 3. The molecule has 0 fully saturated rings. The quantitative estimate of drug-likeness (QED) is 0.898. The molecule has 0 saturated carbocycles. The molecular formula is C15H21ClN2O2. The minimum atomic E-state index is -0.841. The average Bonchev–Trinajstić information content (AvgIpc) is 2.40. The minimum Gasteiger partial charge on any atom is -0.492 e. The van der Waals surface area contributed by atoms with E-state index in [1.54, 1.807) is 13.0 Å². The number of nitrogens with one attached hydrogen (secondary N) is 1. The van der Waals surface area contributed by atoms with Crippen molar-refractivity contribution in [3.63, 3.8) is 0 Å². The number of halogens is 1. The zero-order chi connectivity index (χ0) is 14.8. The summed E-state index contributed by atoms with van der Waals surface area (Å²) in [7, 11) is 0. The van der Waals surface area contributed by atoms with Crippen molar-refractivity contribution in [1.82, 2.24) is 5.32 Å². The second-order valence-corrected chi connectivity index (χ2v) is 5.90. The van der Waals surface area contributed by atoms with E-state index >= 15 is 0 Å². The van der Waals surface area contributed by atoms with Gasteiger partial charge in [-0.05, 0) is 19.4 Å². The van der Waals surface area contributed by atoms with Gasteiger partial charge in [-0.2, -0.15) is 0 Å². The first kappa shape index (κ1) is 15.1. The number of nitrogens with two attached hydrogens (primary N) is 1. The molecule has 110 valence electrons. The van der Waals surface area contributed by atoms with E-state index in [0.29, 0.717) is 23.8 Å². The molecule has 0 aromatic heterocycles. The summed E-state index contributed by atoms with van der Waals surface area (Å²) in [6, 6.07) is 5.49. The molecule has 0 aliphatic carbocycles. The number of fused-ring (bicyclic) bond motifs is 1. The molecule has 2 unspecified atom stereocenters. The van der Waals surface area contributed by atoms with Crippen molar-refractivity contribution in [2.75, 3.05) is 6.61 Å². The zero-order valence-electron chi connectivity index (χ0n) is 11.9. The van der Waals surface area contributed by atoms with Gasteiger partial charge in [0.05, 0.1) is 23.2 Å². The number of benzene rings is 1. The van der Waals surface area contributed by atoms with E-state index in [1.165, 1.54) is 0 Å². The fourth-order valence-electron chi connectivity index (χ4n) is 2.49. The van der Waals surface area contributed by atoms with Gasteiger partial charge in [0.1, 0.15) is 5.75 Å². The molecule has 2 rings (SSSR count). The summed E-state index contributed by atoms with van der Waals surface area (Å²) in [5, 5.41) is 3.60. The summed E-state index contributed by atoms with van der Waals surface area (Å²) in [6.45, 7) is 4.32. The monoisotopic (exact) mass is 296 g/mol. The molecule has 2 atom stereocenters. The lowest BCUT2D eigenvalue weighted by molar-refractivity contribution is -0.127. The van der Waals surface area contributed by atoms with Crippen molar-refractivity contribution in [2.45, 2.75) is 44.7 Å². The van der Waals surface area contributed by atoms with E-state index < -0.39 is 5.54 Å². The second kappa shape index (κ2) is 6.02. The van der Waals surface area contributed by atoms with Crippen molar-refractivity contribution < 1.29 is 9.53 Å². The zero-order valence-corrected chi connectivity index (χ0v) is 12.7. The number of carbonyl (C=O) groups is 1. The molecule has 0 spiro atoms. The van der Waals surface area contributed by atoms with Gasteiger partial charge >= 0.3 is 0 Å². The number of ether oxygens (including phenoxy) is 1. The fraction of sp³-hybridized carbons (Fsp3) is 0.533. The highest BCUT2D eigenvalue weighted by molar-refractivity contribution is 6.32. The van der Waals surface area contributed by atoms with E-state index in [1.807, 2.05) is 19.1 Å².